The van der Waals surface area contributed by atoms with Crippen LogP contribution in [0.15, 0.2) is 35.4 Å². The summed E-state index contributed by atoms with van der Waals surface area (Å²) in [6.07, 6.45) is 6.28. The van der Waals surface area contributed by atoms with Crippen molar-refractivity contribution in [3.05, 3.63) is 67.4 Å². The summed E-state index contributed by atoms with van der Waals surface area (Å²) in [5.74, 6) is 0. The van der Waals surface area contributed by atoms with E-state index in [2.05, 4.69) is 52.0 Å². The van der Waals surface area contributed by atoms with Crippen LogP contribution in [0.4, 0.5) is 0 Å². The van der Waals surface area contributed by atoms with Gasteiger partial charge in [-0.05, 0) is 107 Å². The van der Waals surface area contributed by atoms with Gasteiger partial charge < -0.3 is 0 Å². The lowest BCUT2D eigenvalue weighted by atomic mass is 9.99. The van der Waals surface area contributed by atoms with Crippen LogP contribution in [0.25, 0.3) is 62.3 Å². The molecule has 0 spiro atoms. The Morgan fingerprint density at radius 2 is 1.05 bits per heavy atom. The Morgan fingerprint density at radius 1 is 0.605 bits per heavy atom. The molecule has 4 aromatic heterocycles. The maximum atomic E-state index is 9.27. The number of nitrogens with zero attached hydrogens (tertiary/aromatic N) is 4. The van der Waals surface area contributed by atoms with Crippen LogP contribution in [-0.4, -0.2) is 0 Å². The van der Waals surface area contributed by atoms with Gasteiger partial charge in [0.1, 0.15) is 35.4 Å². The molecular weight excluding hydrogens is 605 g/mol. The molecule has 0 saturated carbocycles. The molecule has 0 radical (unpaired) electrons. The van der Waals surface area contributed by atoms with Crippen molar-refractivity contribution in [3.63, 3.8) is 0 Å². The molecule has 2 aromatic carbocycles. The smallest absolute Gasteiger partial charge is 0.131 e. The van der Waals surface area contributed by atoms with Crippen molar-refractivity contribution < 1.29 is 0 Å². The van der Waals surface area contributed by atoms with Gasteiger partial charge in [0.2, 0.25) is 0 Å². The third kappa shape index (κ3) is 4.74. The topological polar surface area (TPSA) is 95.2 Å². The first-order chi connectivity index (χ1) is 20.8. The van der Waals surface area contributed by atoms with Gasteiger partial charge in [-0.25, -0.2) is 0 Å². The van der Waals surface area contributed by atoms with E-state index in [1.807, 2.05) is 47.0 Å². The minimum atomic E-state index is 0.121. The fourth-order valence-electron chi connectivity index (χ4n) is 5.80. The molecule has 0 aliphatic heterocycles. The Kier molecular flexibility index (Phi) is 7.66. The van der Waals surface area contributed by atoms with Crippen molar-refractivity contribution in [2.24, 2.45) is 0 Å². The van der Waals surface area contributed by atoms with E-state index in [1.165, 1.54) is 72.4 Å². The van der Waals surface area contributed by atoms with E-state index in [-0.39, 0.29) is 11.1 Å². The van der Waals surface area contributed by atoms with Crippen LogP contribution in [0, 0.1) is 59.2 Å². The number of rotatable bonds is 6. The van der Waals surface area contributed by atoms with Gasteiger partial charge in [0, 0.05) is 38.3 Å². The molecule has 6 aromatic rings. The third-order valence-electron chi connectivity index (χ3n) is 7.81. The maximum absolute atomic E-state index is 9.27. The van der Waals surface area contributed by atoms with Crippen LogP contribution in [0.3, 0.4) is 0 Å². The molecule has 43 heavy (non-hydrogen) atoms. The Labute approximate surface area is 265 Å². The van der Waals surface area contributed by atoms with Gasteiger partial charge in [-0.1, -0.05) is 20.3 Å². The number of thiophene rings is 4. The lowest BCUT2D eigenvalue weighted by molar-refractivity contribution is 0.938. The first-order valence-corrected chi connectivity index (χ1v) is 17.1. The van der Waals surface area contributed by atoms with Crippen LogP contribution in [0.5, 0.6) is 0 Å². The average molecular weight is 629 g/mol. The molecule has 0 aliphatic rings. The van der Waals surface area contributed by atoms with Crippen LogP contribution in [0.2, 0.25) is 0 Å². The standard InChI is InChI=1S/C35H24N4S4/c1-5-7-25-29-13-31(43-33(29)19(4)27-11-23(41-35(25)27)9-21(16-38)17-39)30-12-28-24(6-2)34-26(18(3)32(28)42-30)10-22(40-34)8-20(14-36)15-37/h8-13H,5-7H2,1-4H3. The molecule has 0 amide bonds. The van der Waals surface area contributed by atoms with E-state index < -0.39 is 0 Å². The van der Waals surface area contributed by atoms with Gasteiger partial charge in [0.15, 0.2) is 0 Å². The molecule has 4 nitrogen and oxygen atoms in total. The normalized spacial score (nSPS) is 11.0. The van der Waals surface area contributed by atoms with Gasteiger partial charge in [0.05, 0.1) is 0 Å². The summed E-state index contributed by atoms with van der Waals surface area (Å²) < 4.78 is 5.07. The fraction of sp³-hybridized carbons (Fsp3) is 0.200. The molecule has 0 aliphatic carbocycles. The van der Waals surface area contributed by atoms with Crippen LogP contribution in [-0.2, 0) is 12.8 Å². The predicted molar refractivity (Wildman–Crippen MR) is 185 cm³/mol. The highest BCUT2D eigenvalue weighted by atomic mass is 32.1. The summed E-state index contributed by atoms with van der Waals surface area (Å²) in [4.78, 5) is 4.41. The number of nitriles is 4. The molecule has 0 fully saturated rings. The van der Waals surface area contributed by atoms with E-state index in [9.17, 15) is 21.0 Å². The quantitative estimate of drug-likeness (QED) is 0.171. The number of hydrogen-bond acceptors (Lipinski definition) is 8. The zero-order chi connectivity index (χ0) is 30.4. The Morgan fingerprint density at radius 3 is 1.47 bits per heavy atom. The molecule has 0 bridgehead atoms. The maximum Gasteiger partial charge on any atom is 0.131 e. The Balaban J connectivity index is 1.54. The molecule has 8 heteroatoms. The lowest BCUT2D eigenvalue weighted by Crippen LogP contribution is -1.87. The molecule has 0 N–H and O–H groups in total. The molecule has 4 heterocycles. The minimum absolute atomic E-state index is 0.121. The van der Waals surface area contributed by atoms with Crippen LogP contribution in [0.1, 0.15) is 52.3 Å². The zero-order valence-corrected chi connectivity index (χ0v) is 27.3. The first kappa shape index (κ1) is 28.8. The number of fused-ring (bicyclic) bond motifs is 4. The molecule has 0 unspecified atom stereocenters. The molecule has 0 atom stereocenters. The van der Waals surface area contributed by atoms with Gasteiger partial charge in [-0.2, -0.15) is 21.0 Å². The van der Waals surface area contributed by atoms with Crippen LogP contribution >= 0.6 is 45.3 Å². The van der Waals surface area contributed by atoms with E-state index in [1.54, 1.807) is 34.8 Å². The Bertz CT molecular complexity index is 2330. The summed E-state index contributed by atoms with van der Waals surface area (Å²) in [5, 5.41) is 42.0. The highest BCUT2D eigenvalue weighted by Crippen LogP contribution is 2.49. The summed E-state index contributed by atoms with van der Waals surface area (Å²) >= 11 is 7.01. The van der Waals surface area contributed by atoms with Gasteiger partial charge >= 0.3 is 0 Å². The van der Waals surface area contributed by atoms with Gasteiger partial charge in [0.25, 0.3) is 0 Å². The second-order valence-corrected chi connectivity index (χ2v) is 14.6. The van der Waals surface area contributed by atoms with E-state index in [0.29, 0.717) is 0 Å². The predicted octanol–water partition coefficient (Wildman–Crippen LogP) is 11.2. The number of benzene rings is 2. The minimum Gasteiger partial charge on any atom is -0.192 e. The first-order valence-electron chi connectivity index (χ1n) is 13.9. The summed E-state index contributed by atoms with van der Waals surface area (Å²) in [7, 11) is 0. The summed E-state index contributed by atoms with van der Waals surface area (Å²) in [5.41, 5.74) is 5.40. The second kappa shape index (κ2) is 11.4. The highest BCUT2D eigenvalue weighted by molar-refractivity contribution is 7.29. The second-order valence-electron chi connectivity index (χ2n) is 10.4. The average Bonchev–Trinajstić information content (AvgIpc) is 3.81. The van der Waals surface area contributed by atoms with E-state index >= 15 is 0 Å². The Hall–Kier alpha value is -4.28. The van der Waals surface area contributed by atoms with Gasteiger partial charge in [-0.15, -0.1) is 45.3 Å². The largest absolute Gasteiger partial charge is 0.192 e. The van der Waals surface area contributed by atoms with Crippen molar-refractivity contribution in [3.8, 4) is 34.0 Å². The summed E-state index contributed by atoms with van der Waals surface area (Å²) in [6, 6.07) is 16.9. The fourth-order valence-corrected chi connectivity index (χ4v) is 10.8. The van der Waals surface area contributed by atoms with Crippen molar-refractivity contribution in [1.29, 1.82) is 21.0 Å². The number of hydrogen-bond donors (Lipinski definition) is 0. The highest BCUT2D eigenvalue weighted by Gasteiger charge is 2.21. The monoisotopic (exact) mass is 628 g/mol. The SMILES string of the molecule is CCCc1c2cc(-c3cc4c(CC)c5sc(C=C(C#N)C#N)cc5c(C)c4s3)sc2c(C)c2cc(C=C(C#N)C#N)sc12. The summed E-state index contributed by atoms with van der Waals surface area (Å²) in [6.45, 7) is 8.76. The lowest BCUT2D eigenvalue weighted by Gasteiger charge is -2.07. The molecule has 208 valence electrons. The van der Waals surface area contributed by atoms with Crippen molar-refractivity contribution in [2.75, 3.05) is 0 Å². The molecule has 6 rings (SSSR count). The zero-order valence-electron chi connectivity index (χ0n) is 24.0. The van der Waals surface area contributed by atoms with Crippen molar-refractivity contribution >= 4 is 97.8 Å². The number of allylic oxidation sites excluding steroid dienone is 2. The number of aryl methyl sites for hydroxylation is 4. The third-order valence-corrected chi connectivity index (χ3v) is 12.8. The van der Waals surface area contributed by atoms with Crippen molar-refractivity contribution in [1.82, 2.24) is 0 Å². The van der Waals surface area contributed by atoms with E-state index in [0.717, 1.165) is 29.0 Å². The molecular formula is C35H24N4S4. The van der Waals surface area contributed by atoms with Crippen LogP contribution < -0.4 is 0 Å². The van der Waals surface area contributed by atoms with E-state index in [4.69, 9.17) is 0 Å². The van der Waals surface area contributed by atoms with Gasteiger partial charge in [-0.3, -0.25) is 0 Å². The van der Waals surface area contributed by atoms with Crippen molar-refractivity contribution in [2.45, 2.75) is 47.0 Å². The molecule has 0 saturated heterocycles.